The molecular weight excluding hydrogens is 248 g/mol. The summed E-state index contributed by atoms with van der Waals surface area (Å²) in [5, 5.41) is 2.58. The van der Waals surface area contributed by atoms with Crippen LogP contribution in [0.5, 0.6) is 0 Å². The molecule has 0 unspecified atom stereocenters. The van der Waals surface area contributed by atoms with Crippen molar-refractivity contribution in [2.75, 3.05) is 38.1 Å². The molecule has 0 saturated heterocycles. The molecule has 0 atom stereocenters. The lowest BCUT2D eigenvalue weighted by Crippen LogP contribution is -2.19. The number of carbonyl (C=O) groups is 1. The van der Waals surface area contributed by atoms with Crippen LogP contribution in [0.25, 0.3) is 0 Å². The number of thiazole rings is 1. The van der Waals surface area contributed by atoms with E-state index in [0.29, 0.717) is 5.69 Å². The lowest BCUT2D eigenvalue weighted by Gasteiger charge is -2.14. The number of halogens is 1. The second-order valence-electron chi connectivity index (χ2n) is 3.34. The Morgan fingerprint density at radius 3 is 3.06 bits per heavy atom. The fourth-order valence-corrected chi connectivity index (χ4v) is 2.14. The Kier molecular flexibility index (Phi) is 5.73. The van der Waals surface area contributed by atoms with E-state index in [1.807, 2.05) is 11.9 Å². The van der Waals surface area contributed by atoms with Crippen LogP contribution in [0, 0.1) is 0 Å². The fraction of sp³-hybridized carbons (Fsp3) is 0.600. The normalized spacial score (nSPS) is 10.4. The minimum Gasteiger partial charge on any atom is -0.385 e. The van der Waals surface area contributed by atoms with E-state index in [4.69, 9.17) is 16.3 Å². The molecule has 0 aliphatic heterocycles. The first-order valence-electron chi connectivity index (χ1n) is 4.93. The summed E-state index contributed by atoms with van der Waals surface area (Å²) in [5.41, 5.74) is 0.452. The molecule has 0 aliphatic carbocycles. The van der Waals surface area contributed by atoms with Gasteiger partial charge in [0, 0.05) is 32.7 Å². The van der Waals surface area contributed by atoms with Crippen molar-refractivity contribution < 1.29 is 9.53 Å². The lowest BCUT2D eigenvalue weighted by molar-refractivity contribution is 0.101. The molecule has 6 heteroatoms. The second kappa shape index (κ2) is 6.83. The Labute approximate surface area is 104 Å². The average Bonchev–Trinajstić information content (AvgIpc) is 2.77. The van der Waals surface area contributed by atoms with Crippen LogP contribution in [-0.4, -0.2) is 44.0 Å². The Bertz CT molecular complexity index is 343. The summed E-state index contributed by atoms with van der Waals surface area (Å²) in [6.45, 7) is 1.58. The van der Waals surface area contributed by atoms with E-state index in [1.54, 1.807) is 12.5 Å². The van der Waals surface area contributed by atoms with Crippen LogP contribution >= 0.6 is 22.9 Å². The Morgan fingerprint density at radius 2 is 2.44 bits per heavy atom. The molecule has 0 N–H and O–H groups in total. The molecule has 0 saturated carbocycles. The third kappa shape index (κ3) is 3.73. The standard InChI is InChI=1S/C10H15ClN2O2S/c1-13(4-3-5-15-2)10-12-8(7-16-10)9(14)6-11/h7H,3-6H2,1-2H3. The average molecular weight is 263 g/mol. The Balaban J connectivity index is 2.52. The predicted molar refractivity (Wildman–Crippen MR) is 66.9 cm³/mol. The number of carbonyl (C=O) groups excluding carboxylic acids is 1. The minimum absolute atomic E-state index is 0.0173. The fourth-order valence-electron chi connectivity index (χ4n) is 1.18. The van der Waals surface area contributed by atoms with Gasteiger partial charge in [-0.15, -0.1) is 22.9 Å². The van der Waals surface area contributed by atoms with Crippen molar-refractivity contribution >= 4 is 33.9 Å². The summed E-state index contributed by atoms with van der Waals surface area (Å²) in [7, 11) is 3.63. The number of ketones is 1. The van der Waals surface area contributed by atoms with Crippen molar-refractivity contribution in [1.29, 1.82) is 0 Å². The maximum absolute atomic E-state index is 11.3. The maximum Gasteiger partial charge on any atom is 0.196 e. The van der Waals surface area contributed by atoms with Crippen LogP contribution < -0.4 is 4.90 Å². The molecule has 1 heterocycles. The van der Waals surface area contributed by atoms with E-state index < -0.39 is 0 Å². The number of Topliss-reactive ketones (excluding diaryl/α,β-unsaturated/α-hetero) is 1. The van der Waals surface area contributed by atoms with Gasteiger partial charge < -0.3 is 9.64 Å². The van der Waals surface area contributed by atoms with E-state index >= 15 is 0 Å². The summed E-state index contributed by atoms with van der Waals surface area (Å²) in [6, 6.07) is 0. The first kappa shape index (κ1) is 13.4. The Hall–Kier alpha value is -0.650. The number of rotatable bonds is 7. The van der Waals surface area contributed by atoms with E-state index in [1.165, 1.54) is 11.3 Å². The molecule has 4 nitrogen and oxygen atoms in total. The van der Waals surface area contributed by atoms with Gasteiger partial charge in [-0.25, -0.2) is 4.98 Å². The zero-order chi connectivity index (χ0) is 12.0. The summed E-state index contributed by atoms with van der Waals surface area (Å²) >= 11 is 6.92. The topological polar surface area (TPSA) is 42.4 Å². The maximum atomic E-state index is 11.3. The molecule has 0 aromatic carbocycles. The first-order valence-corrected chi connectivity index (χ1v) is 6.35. The van der Waals surface area contributed by atoms with Crippen molar-refractivity contribution in [2.45, 2.75) is 6.42 Å². The highest BCUT2D eigenvalue weighted by Gasteiger charge is 2.11. The van der Waals surface area contributed by atoms with Crippen molar-refractivity contribution in [3.63, 3.8) is 0 Å². The molecule has 0 fully saturated rings. The quantitative estimate of drug-likeness (QED) is 0.428. The number of aromatic nitrogens is 1. The van der Waals surface area contributed by atoms with Gasteiger partial charge in [0.05, 0.1) is 5.88 Å². The van der Waals surface area contributed by atoms with Crippen molar-refractivity contribution in [2.24, 2.45) is 0 Å². The number of hydrogen-bond donors (Lipinski definition) is 0. The zero-order valence-corrected chi connectivity index (χ0v) is 11.0. The highest BCUT2D eigenvalue weighted by molar-refractivity contribution is 7.13. The first-order chi connectivity index (χ1) is 7.69. The van der Waals surface area contributed by atoms with Crippen molar-refractivity contribution in [3.05, 3.63) is 11.1 Å². The van der Waals surface area contributed by atoms with Crippen LogP contribution in [-0.2, 0) is 4.74 Å². The third-order valence-corrected chi connectivity index (χ3v) is 3.27. The molecule has 0 bridgehead atoms. The number of alkyl halides is 1. The van der Waals surface area contributed by atoms with Crippen LogP contribution in [0.1, 0.15) is 16.9 Å². The molecule has 1 aromatic heterocycles. The molecule has 0 amide bonds. The van der Waals surface area contributed by atoms with Gasteiger partial charge in [0.25, 0.3) is 0 Å². The number of hydrogen-bond acceptors (Lipinski definition) is 5. The zero-order valence-electron chi connectivity index (χ0n) is 9.40. The van der Waals surface area contributed by atoms with E-state index in [9.17, 15) is 4.79 Å². The molecule has 0 spiro atoms. The van der Waals surface area contributed by atoms with Gasteiger partial charge in [0.2, 0.25) is 0 Å². The molecule has 1 rings (SSSR count). The van der Waals surface area contributed by atoms with Crippen LogP contribution in [0.3, 0.4) is 0 Å². The van der Waals surface area contributed by atoms with Crippen molar-refractivity contribution in [3.8, 4) is 0 Å². The van der Waals surface area contributed by atoms with Gasteiger partial charge in [-0.2, -0.15) is 0 Å². The van der Waals surface area contributed by atoms with Gasteiger partial charge in [0.15, 0.2) is 10.9 Å². The van der Waals surface area contributed by atoms with E-state index in [2.05, 4.69) is 4.98 Å². The molecule has 16 heavy (non-hydrogen) atoms. The molecule has 0 radical (unpaired) electrons. The lowest BCUT2D eigenvalue weighted by atomic mass is 10.3. The van der Waals surface area contributed by atoms with E-state index in [0.717, 1.165) is 24.7 Å². The predicted octanol–water partition coefficient (Wildman–Crippen LogP) is 2.04. The van der Waals surface area contributed by atoms with Gasteiger partial charge in [-0.3, -0.25) is 4.79 Å². The number of nitrogens with zero attached hydrogens (tertiary/aromatic N) is 2. The number of ether oxygens (including phenoxy) is 1. The number of anilines is 1. The molecule has 0 aliphatic rings. The SMILES string of the molecule is COCCCN(C)c1nc(C(=O)CCl)cs1. The summed E-state index contributed by atoms with van der Waals surface area (Å²) in [5.74, 6) is -0.147. The second-order valence-corrected chi connectivity index (χ2v) is 4.44. The molecule has 1 aromatic rings. The van der Waals surface area contributed by atoms with Gasteiger partial charge in [-0.1, -0.05) is 0 Å². The highest BCUT2D eigenvalue weighted by atomic mass is 35.5. The van der Waals surface area contributed by atoms with Gasteiger partial charge >= 0.3 is 0 Å². The van der Waals surface area contributed by atoms with Crippen molar-refractivity contribution in [1.82, 2.24) is 4.98 Å². The van der Waals surface area contributed by atoms with Crippen LogP contribution in [0.4, 0.5) is 5.13 Å². The van der Waals surface area contributed by atoms with Crippen LogP contribution in [0.2, 0.25) is 0 Å². The third-order valence-electron chi connectivity index (χ3n) is 2.07. The summed E-state index contributed by atoms with van der Waals surface area (Å²) in [4.78, 5) is 17.5. The van der Waals surface area contributed by atoms with Gasteiger partial charge in [0.1, 0.15) is 5.69 Å². The van der Waals surface area contributed by atoms with E-state index in [-0.39, 0.29) is 11.7 Å². The largest absolute Gasteiger partial charge is 0.385 e. The van der Waals surface area contributed by atoms with Gasteiger partial charge in [-0.05, 0) is 6.42 Å². The van der Waals surface area contributed by atoms with Crippen LogP contribution in [0.15, 0.2) is 5.38 Å². The molecule has 90 valence electrons. The smallest absolute Gasteiger partial charge is 0.196 e. The monoisotopic (exact) mass is 262 g/mol. The Morgan fingerprint density at radius 1 is 1.69 bits per heavy atom. The summed E-state index contributed by atoms with van der Waals surface area (Å²) < 4.78 is 4.97. The molecular formula is C10H15ClN2O2S. The number of methoxy groups -OCH3 is 1. The minimum atomic E-state index is -0.130. The highest BCUT2D eigenvalue weighted by Crippen LogP contribution is 2.19. The summed E-state index contributed by atoms with van der Waals surface area (Å²) in [6.07, 6.45) is 0.936.